The molecule has 0 amide bonds. The van der Waals surface area contributed by atoms with Crippen molar-refractivity contribution < 1.29 is 0 Å². The van der Waals surface area contributed by atoms with Crippen LogP contribution in [0.5, 0.6) is 0 Å². The molecule has 19 heavy (non-hydrogen) atoms. The SMILES string of the molecule is CC1CCCC(CCNCc2cncn2C(C)C)C1. The van der Waals surface area contributed by atoms with Crippen LogP contribution >= 0.6 is 0 Å². The van der Waals surface area contributed by atoms with E-state index in [0.717, 1.165) is 24.9 Å². The van der Waals surface area contributed by atoms with Gasteiger partial charge in [-0.1, -0.05) is 26.2 Å². The molecule has 0 bridgehead atoms. The van der Waals surface area contributed by atoms with Crippen LogP contribution in [0.15, 0.2) is 12.5 Å². The maximum absolute atomic E-state index is 4.24. The van der Waals surface area contributed by atoms with Crippen molar-refractivity contribution in [2.24, 2.45) is 11.8 Å². The van der Waals surface area contributed by atoms with E-state index in [9.17, 15) is 0 Å². The first-order chi connectivity index (χ1) is 9.16. The largest absolute Gasteiger partial charge is 0.331 e. The van der Waals surface area contributed by atoms with Gasteiger partial charge in [0.05, 0.1) is 12.0 Å². The lowest BCUT2D eigenvalue weighted by Gasteiger charge is -2.26. The summed E-state index contributed by atoms with van der Waals surface area (Å²) in [7, 11) is 0. The van der Waals surface area contributed by atoms with E-state index >= 15 is 0 Å². The van der Waals surface area contributed by atoms with Crippen LogP contribution in [0, 0.1) is 11.8 Å². The highest BCUT2D eigenvalue weighted by molar-refractivity contribution is 4.99. The molecular formula is C16H29N3. The number of nitrogens with one attached hydrogen (secondary N) is 1. The molecule has 0 aliphatic heterocycles. The molecule has 0 aromatic carbocycles. The Morgan fingerprint density at radius 3 is 3.00 bits per heavy atom. The number of nitrogens with zero attached hydrogens (tertiary/aromatic N) is 2. The Morgan fingerprint density at radius 2 is 2.26 bits per heavy atom. The van der Waals surface area contributed by atoms with Gasteiger partial charge in [-0.05, 0) is 45.1 Å². The van der Waals surface area contributed by atoms with Crippen molar-refractivity contribution >= 4 is 0 Å². The fraction of sp³-hybridized carbons (Fsp3) is 0.812. The first-order valence-electron chi connectivity index (χ1n) is 7.88. The highest BCUT2D eigenvalue weighted by Crippen LogP contribution is 2.30. The maximum atomic E-state index is 4.24. The van der Waals surface area contributed by atoms with Crippen molar-refractivity contribution in [2.75, 3.05) is 6.54 Å². The fourth-order valence-corrected chi connectivity index (χ4v) is 3.28. The molecular weight excluding hydrogens is 234 g/mol. The van der Waals surface area contributed by atoms with Gasteiger partial charge >= 0.3 is 0 Å². The van der Waals surface area contributed by atoms with Gasteiger partial charge in [0.2, 0.25) is 0 Å². The van der Waals surface area contributed by atoms with Crippen molar-refractivity contribution in [1.29, 1.82) is 0 Å². The van der Waals surface area contributed by atoms with Crippen molar-refractivity contribution in [3.63, 3.8) is 0 Å². The Hall–Kier alpha value is -0.830. The molecule has 1 saturated carbocycles. The third-order valence-electron chi connectivity index (χ3n) is 4.38. The van der Waals surface area contributed by atoms with Crippen molar-refractivity contribution in [3.8, 4) is 0 Å². The molecule has 3 heteroatoms. The van der Waals surface area contributed by atoms with Crippen LogP contribution < -0.4 is 5.32 Å². The second-order valence-corrected chi connectivity index (χ2v) is 6.49. The number of imidazole rings is 1. The van der Waals surface area contributed by atoms with Crippen LogP contribution in [-0.2, 0) is 6.54 Å². The smallest absolute Gasteiger partial charge is 0.0951 e. The highest BCUT2D eigenvalue weighted by atomic mass is 15.1. The predicted molar refractivity (Wildman–Crippen MR) is 80.1 cm³/mol. The average Bonchev–Trinajstić information content (AvgIpc) is 2.83. The molecule has 2 rings (SSSR count). The summed E-state index contributed by atoms with van der Waals surface area (Å²) in [6.07, 6.45) is 11.0. The van der Waals surface area contributed by atoms with Gasteiger partial charge < -0.3 is 9.88 Å². The summed E-state index contributed by atoms with van der Waals surface area (Å²) in [5.74, 6) is 1.90. The summed E-state index contributed by atoms with van der Waals surface area (Å²) in [4.78, 5) is 4.24. The Balaban J connectivity index is 1.67. The summed E-state index contributed by atoms with van der Waals surface area (Å²) >= 11 is 0. The van der Waals surface area contributed by atoms with Gasteiger partial charge in [0.1, 0.15) is 0 Å². The van der Waals surface area contributed by atoms with Crippen LogP contribution in [0.1, 0.15) is 64.6 Å². The molecule has 1 fully saturated rings. The molecule has 1 aromatic rings. The average molecular weight is 263 g/mol. The van der Waals surface area contributed by atoms with Gasteiger partial charge in [-0.2, -0.15) is 0 Å². The van der Waals surface area contributed by atoms with E-state index in [4.69, 9.17) is 0 Å². The standard InChI is InChI=1S/C16H29N3/c1-13(2)19-12-18-11-16(19)10-17-8-7-15-6-4-5-14(3)9-15/h11-15,17H,4-10H2,1-3H3. The van der Waals surface area contributed by atoms with Crippen molar-refractivity contribution in [2.45, 2.75) is 65.5 Å². The number of rotatable bonds is 6. The lowest BCUT2D eigenvalue weighted by molar-refractivity contribution is 0.267. The minimum Gasteiger partial charge on any atom is -0.331 e. The van der Waals surface area contributed by atoms with Crippen LogP contribution in [0.4, 0.5) is 0 Å². The zero-order valence-corrected chi connectivity index (χ0v) is 12.7. The predicted octanol–water partition coefficient (Wildman–Crippen LogP) is 3.77. The number of hydrogen-bond acceptors (Lipinski definition) is 2. The van der Waals surface area contributed by atoms with Gasteiger partial charge in [0.25, 0.3) is 0 Å². The molecule has 0 spiro atoms. The summed E-state index contributed by atoms with van der Waals surface area (Å²) in [5.41, 5.74) is 1.30. The van der Waals surface area contributed by atoms with Gasteiger partial charge in [0.15, 0.2) is 0 Å². The molecule has 2 atom stereocenters. The molecule has 2 unspecified atom stereocenters. The van der Waals surface area contributed by atoms with E-state index in [1.165, 1.54) is 37.8 Å². The normalized spacial score (nSPS) is 24.0. The lowest BCUT2D eigenvalue weighted by Crippen LogP contribution is -2.22. The summed E-state index contributed by atoms with van der Waals surface area (Å²) in [6, 6.07) is 0.499. The molecule has 1 aliphatic carbocycles. The number of hydrogen-bond donors (Lipinski definition) is 1. The number of aromatic nitrogens is 2. The minimum absolute atomic E-state index is 0.499. The minimum atomic E-state index is 0.499. The second-order valence-electron chi connectivity index (χ2n) is 6.49. The summed E-state index contributed by atoms with van der Waals surface area (Å²) < 4.78 is 2.25. The monoisotopic (exact) mass is 263 g/mol. The lowest BCUT2D eigenvalue weighted by atomic mass is 9.81. The highest BCUT2D eigenvalue weighted by Gasteiger charge is 2.18. The van der Waals surface area contributed by atoms with E-state index in [0.29, 0.717) is 6.04 Å². The Bertz CT molecular complexity index is 370. The molecule has 3 nitrogen and oxygen atoms in total. The van der Waals surface area contributed by atoms with Crippen molar-refractivity contribution in [3.05, 3.63) is 18.2 Å². The molecule has 1 heterocycles. The molecule has 1 aromatic heterocycles. The third kappa shape index (κ3) is 4.34. The topological polar surface area (TPSA) is 29.9 Å². The quantitative estimate of drug-likeness (QED) is 0.792. The van der Waals surface area contributed by atoms with E-state index in [1.54, 1.807) is 0 Å². The summed E-state index contributed by atoms with van der Waals surface area (Å²) in [5, 5.41) is 3.58. The zero-order chi connectivity index (χ0) is 13.7. The fourth-order valence-electron chi connectivity index (χ4n) is 3.28. The molecule has 1 aliphatic rings. The van der Waals surface area contributed by atoms with Gasteiger partial charge in [-0.15, -0.1) is 0 Å². The second kappa shape index (κ2) is 7.09. The molecule has 0 radical (unpaired) electrons. The molecule has 108 valence electrons. The van der Waals surface area contributed by atoms with Gasteiger partial charge in [-0.3, -0.25) is 0 Å². The molecule has 0 saturated heterocycles. The van der Waals surface area contributed by atoms with Crippen LogP contribution in [0.3, 0.4) is 0 Å². The zero-order valence-electron chi connectivity index (χ0n) is 12.7. The van der Waals surface area contributed by atoms with E-state index in [2.05, 4.69) is 35.6 Å². The van der Waals surface area contributed by atoms with Crippen LogP contribution in [0.25, 0.3) is 0 Å². The van der Waals surface area contributed by atoms with E-state index in [1.807, 2.05) is 12.5 Å². The van der Waals surface area contributed by atoms with Gasteiger partial charge in [-0.25, -0.2) is 4.98 Å². The first-order valence-corrected chi connectivity index (χ1v) is 7.88. The Morgan fingerprint density at radius 1 is 1.42 bits per heavy atom. The third-order valence-corrected chi connectivity index (χ3v) is 4.38. The Kier molecular flexibility index (Phi) is 5.44. The van der Waals surface area contributed by atoms with E-state index < -0.39 is 0 Å². The van der Waals surface area contributed by atoms with Crippen molar-refractivity contribution in [1.82, 2.24) is 14.9 Å². The van der Waals surface area contributed by atoms with Crippen LogP contribution in [-0.4, -0.2) is 16.1 Å². The summed E-state index contributed by atoms with van der Waals surface area (Å²) in [6.45, 7) is 8.89. The van der Waals surface area contributed by atoms with E-state index in [-0.39, 0.29) is 0 Å². The van der Waals surface area contributed by atoms with Crippen LogP contribution in [0.2, 0.25) is 0 Å². The molecule has 1 N–H and O–H groups in total. The Labute approximate surface area is 117 Å². The maximum Gasteiger partial charge on any atom is 0.0951 e. The first kappa shape index (κ1) is 14.6. The van der Waals surface area contributed by atoms with Gasteiger partial charge in [0, 0.05) is 18.8 Å².